The average Bonchev–Trinajstić information content (AvgIpc) is 3.45. The van der Waals surface area contributed by atoms with Gasteiger partial charge in [0.05, 0.1) is 29.8 Å². The number of halogens is 1. The first-order valence-electron chi connectivity index (χ1n) is 9.17. The fourth-order valence-electron chi connectivity index (χ4n) is 3.30. The smallest absolute Gasteiger partial charge is 0.224 e. The third-order valence-electron chi connectivity index (χ3n) is 5.08. The molecule has 7 nitrogen and oxygen atoms in total. The number of aliphatic imine (C=N–C) groups is 1. The number of dihydropyridines is 1. The van der Waals surface area contributed by atoms with E-state index < -0.39 is 0 Å². The molecule has 2 aromatic rings. The fourth-order valence-corrected chi connectivity index (χ4v) is 3.30. The zero-order chi connectivity index (χ0) is 19.8. The molecule has 2 N–H and O–H groups in total. The number of carbonyl (C=O) groups is 1. The highest BCUT2D eigenvalue weighted by Crippen LogP contribution is 2.30. The summed E-state index contributed by atoms with van der Waals surface area (Å²) in [5.41, 5.74) is 5.52. The lowest BCUT2D eigenvalue weighted by atomic mass is 9.97. The minimum absolute atomic E-state index is 0.0290. The third kappa shape index (κ3) is 3.55. The Morgan fingerprint density at radius 1 is 1.21 bits per heavy atom. The molecule has 2 atom stereocenters. The van der Waals surface area contributed by atoms with Crippen LogP contribution >= 0.6 is 0 Å². The van der Waals surface area contributed by atoms with E-state index in [4.69, 9.17) is 4.99 Å². The van der Waals surface area contributed by atoms with Crippen LogP contribution in [0.4, 0.5) is 4.39 Å². The van der Waals surface area contributed by atoms with Crippen LogP contribution in [-0.2, 0) is 11.2 Å². The number of amides is 1. The topological polar surface area (TPSA) is 102 Å². The van der Waals surface area contributed by atoms with Crippen molar-refractivity contribution in [3.63, 3.8) is 0 Å². The molecule has 0 aromatic carbocycles. The maximum Gasteiger partial charge on any atom is 0.224 e. The molecule has 0 saturated carbocycles. The van der Waals surface area contributed by atoms with Crippen LogP contribution in [0, 0.1) is 19.7 Å². The number of aromatic nitrogens is 3. The maximum absolute atomic E-state index is 13.6. The highest BCUT2D eigenvalue weighted by Gasteiger charge is 2.44. The molecule has 2 aliphatic rings. The van der Waals surface area contributed by atoms with Crippen LogP contribution in [0.3, 0.4) is 0 Å². The van der Waals surface area contributed by atoms with Crippen molar-refractivity contribution >= 4 is 11.6 Å². The van der Waals surface area contributed by atoms with E-state index in [2.05, 4.69) is 25.8 Å². The molecule has 0 radical (unpaired) electrons. The molecule has 8 heteroatoms. The molecule has 1 saturated heterocycles. The van der Waals surface area contributed by atoms with Gasteiger partial charge in [0, 0.05) is 23.9 Å². The number of pyridine rings is 1. The van der Waals surface area contributed by atoms with E-state index in [1.54, 1.807) is 25.5 Å². The van der Waals surface area contributed by atoms with Crippen LogP contribution in [0.25, 0.3) is 0 Å². The molecule has 2 aliphatic heterocycles. The quantitative estimate of drug-likeness (QED) is 0.770. The van der Waals surface area contributed by atoms with Gasteiger partial charge in [-0.25, -0.2) is 4.39 Å². The van der Waals surface area contributed by atoms with E-state index in [-0.39, 0.29) is 30.4 Å². The van der Waals surface area contributed by atoms with Gasteiger partial charge in [0.25, 0.3) is 0 Å². The Bertz CT molecular complexity index is 1020. The number of fused-ring (bicyclic) bond motifs is 1. The Morgan fingerprint density at radius 2 is 2.00 bits per heavy atom. The van der Waals surface area contributed by atoms with Crippen LogP contribution in [0.1, 0.15) is 35.7 Å². The van der Waals surface area contributed by atoms with Crippen molar-refractivity contribution in [1.29, 1.82) is 0 Å². The molecular formula is C20H21FN6O. The summed E-state index contributed by atoms with van der Waals surface area (Å²) in [5, 5.41) is 14.1. The summed E-state index contributed by atoms with van der Waals surface area (Å²) in [6.45, 7) is 5.52. The van der Waals surface area contributed by atoms with Crippen molar-refractivity contribution < 1.29 is 9.18 Å². The van der Waals surface area contributed by atoms with Crippen molar-refractivity contribution in [2.75, 3.05) is 0 Å². The Kier molecular flexibility index (Phi) is 4.72. The van der Waals surface area contributed by atoms with Crippen molar-refractivity contribution in [3.8, 4) is 0 Å². The molecule has 1 fully saturated rings. The number of allylic oxidation sites excluding steroid dienone is 1. The molecule has 2 unspecified atom stereocenters. The van der Waals surface area contributed by atoms with E-state index >= 15 is 0 Å². The second-order valence-corrected chi connectivity index (χ2v) is 7.15. The Hall–Kier alpha value is -3.00. The van der Waals surface area contributed by atoms with Crippen molar-refractivity contribution in [1.82, 2.24) is 25.8 Å². The summed E-state index contributed by atoms with van der Waals surface area (Å²) in [4.78, 5) is 21.2. The number of hydrogen-bond donors (Lipinski definition) is 2. The van der Waals surface area contributed by atoms with Gasteiger partial charge in [0.1, 0.15) is 12.0 Å². The minimum Gasteiger partial charge on any atom is -0.328 e. The van der Waals surface area contributed by atoms with Gasteiger partial charge in [0.15, 0.2) is 0 Å². The van der Waals surface area contributed by atoms with Crippen LogP contribution in [0.15, 0.2) is 40.9 Å². The first kappa shape index (κ1) is 18.4. The first-order valence-corrected chi connectivity index (χ1v) is 9.17. The lowest BCUT2D eigenvalue weighted by molar-refractivity contribution is -0.120. The molecule has 1 amide bonds. The number of aryl methyl sites for hydroxylation is 3. The van der Waals surface area contributed by atoms with Gasteiger partial charge < -0.3 is 5.32 Å². The molecule has 0 aliphatic carbocycles. The number of carbonyl (C=O) groups excluding carboxylic acids is 1. The predicted molar refractivity (Wildman–Crippen MR) is 102 cm³/mol. The van der Waals surface area contributed by atoms with Gasteiger partial charge in [-0.3, -0.25) is 20.1 Å². The first-order chi connectivity index (χ1) is 13.4. The lowest BCUT2D eigenvalue weighted by Crippen LogP contribution is -2.31. The van der Waals surface area contributed by atoms with E-state index in [1.807, 2.05) is 13.8 Å². The van der Waals surface area contributed by atoms with Gasteiger partial charge in [-0.2, -0.15) is 10.2 Å². The molecule has 4 heterocycles. The summed E-state index contributed by atoms with van der Waals surface area (Å²) < 4.78 is 13.6. The Morgan fingerprint density at radius 3 is 2.75 bits per heavy atom. The zero-order valence-electron chi connectivity index (χ0n) is 16.0. The molecule has 4 rings (SSSR count). The maximum atomic E-state index is 13.6. The highest BCUT2D eigenvalue weighted by atomic mass is 19.1. The monoisotopic (exact) mass is 380 g/mol. The van der Waals surface area contributed by atoms with E-state index in [1.165, 1.54) is 6.07 Å². The number of hydrogen-bond acceptors (Lipinski definition) is 6. The van der Waals surface area contributed by atoms with Crippen LogP contribution in [0.5, 0.6) is 0 Å². The van der Waals surface area contributed by atoms with Crippen molar-refractivity contribution in [2.45, 2.75) is 45.8 Å². The second-order valence-electron chi connectivity index (χ2n) is 7.15. The molecular weight excluding hydrogens is 359 g/mol. The highest BCUT2D eigenvalue weighted by molar-refractivity contribution is 6.14. The summed E-state index contributed by atoms with van der Waals surface area (Å²) >= 11 is 0. The number of nitrogens with one attached hydrogen (secondary N) is 2. The zero-order valence-corrected chi connectivity index (χ0v) is 16.0. The summed E-state index contributed by atoms with van der Waals surface area (Å²) in [7, 11) is 0. The molecule has 28 heavy (non-hydrogen) atoms. The van der Waals surface area contributed by atoms with Crippen LogP contribution in [0.2, 0.25) is 0 Å². The summed E-state index contributed by atoms with van der Waals surface area (Å²) in [5.74, 6) is -0.468. The number of rotatable bonds is 5. The van der Waals surface area contributed by atoms with Crippen molar-refractivity contribution in [3.05, 3.63) is 64.1 Å². The van der Waals surface area contributed by atoms with Gasteiger partial charge in [-0.15, -0.1) is 0 Å². The standard InChI is InChI=1S/C20H21FN6O/c1-10-7-23-24-9-14(10)17-11(2)18(19-20(26-17)27-19)25-16(28)5-4-13-6-15(21)12(3)22-8-13/h6-9,19-20,27H,4-5H2,1-3H3,(H,25,28). The van der Waals surface area contributed by atoms with Crippen molar-refractivity contribution in [2.24, 2.45) is 4.99 Å². The molecule has 0 bridgehead atoms. The third-order valence-corrected chi connectivity index (χ3v) is 5.08. The average molecular weight is 380 g/mol. The SMILES string of the molecule is CC1=C(NC(=O)CCc2cnc(C)c(F)c2)C2NC2N=C1c1cnncc1C. The second kappa shape index (κ2) is 7.20. The van der Waals surface area contributed by atoms with Gasteiger partial charge >= 0.3 is 0 Å². The Labute approximate surface area is 162 Å². The number of nitrogens with zero attached hydrogens (tertiary/aromatic N) is 4. The van der Waals surface area contributed by atoms with Gasteiger partial charge in [0.2, 0.25) is 5.91 Å². The lowest BCUT2D eigenvalue weighted by Gasteiger charge is -2.19. The van der Waals surface area contributed by atoms with E-state index in [9.17, 15) is 9.18 Å². The van der Waals surface area contributed by atoms with Crippen LogP contribution in [-0.4, -0.2) is 39.0 Å². The molecule has 0 spiro atoms. The summed E-state index contributed by atoms with van der Waals surface area (Å²) in [6, 6.07) is 1.46. The van der Waals surface area contributed by atoms with Crippen LogP contribution < -0.4 is 10.6 Å². The molecule has 144 valence electrons. The van der Waals surface area contributed by atoms with Gasteiger partial charge in [-0.1, -0.05) is 0 Å². The normalized spacial score (nSPS) is 20.5. The predicted octanol–water partition coefficient (Wildman–Crippen LogP) is 1.75. The largest absolute Gasteiger partial charge is 0.328 e. The summed E-state index contributed by atoms with van der Waals surface area (Å²) in [6.07, 6.45) is 5.65. The fraction of sp³-hybridized carbons (Fsp3) is 0.350. The van der Waals surface area contributed by atoms with E-state index in [0.29, 0.717) is 17.7 Å². The minimum atomic E-state index is -0.351. The molecule has 2 aromatic heterocycles. The Balaban J connectivity index is 1.48. The van der Waals surface area contributed by atoms with E-state index in [0.717, 1.165) is 28.1 Å². The van der Waals surface area contributed by atoms with Gasteiger partial charge in [-0.05, 0) is 50.0 Å².